The van der Waals surface area contributed by atoms with Gasteiger partial charge in [-0.05, 0) is 26.0 Å². The van der Waals surface area contributed by atoms with Crippen LogP contribution in [0.4, 0.5) is 0 Å². The van der Waals surface area contributed by atoms with Crippen LogP contribution < -0.4 is 5.32 Å². The number of carbonyl (C=O) groups is 1. The zero-order chi connectivity index (χ0) is 18.7. The van der Waals surface area contributed by atoms with Crippen LogP contribution in [0.3, 0.4) is 0 Å². The van der Waals surface area contributed by atoms with Crippen molar-refractivity contribution in [2.45, 2.75) is 34.2 Å². The Hall–Kier alpha value is -2.96. The van der Waals surface area contributed by atoms with Crippen LogP contribution >= 0.6 is 0 Å². The highest BCUT2D eigenvalue weighted by Gasteiger charge is 2.18. The number of hydrogen-bond acceptors (Lipinski definition) is 5. The van der Waals surface area contributed by atoms with Gasteiger partial charge in [0.1, 0.15) is 0 Å². The molecule has 0 aromatic carbocycles. The zero-order valence-electron chi connectivity index (χ0n) is 15.5. The predicted octanol–water partition coefficient (Wildman–Crippen LogP) is 2.99. The minimum Gasteiger partial charge on any atom is -0.356 e. The van der Waals surface area contributed by atoms with E-state index in [0.29, 0.717) is 18.8 Å². The summed E-state index contributed by atoms with van der Waals surface area (Å²) in [7, 11) is 0. The Labute approximate surface area is 152 Å². The molecular formula is C19H23N5O2. The maximum atomic E-state index is 11.8. The first-order chi connectivity index (χ1) is 12.5. The molecule has 3 heterocycles. The van der Waals surface area contributed by atoms with E-state index < -0.39 is 0 Å². The first-order valence-electron chi connectivity index (χ1n) is 8.66. The Balaban J connectivity index is 1.93. The van der Waals surface area contributed by atoms with E-state index in [1.165, 1.54) is 0 Å². The van der Waals surface area contributed by atoms with Crippen LogP contribution in [0.5, 0.6) is 0 Å². The number of amides is 1. The van der Waals surface area contributed by atoms with E-state index in [1.807, 2.05) is 56.8 Å². The lowest BCUT2D eigenvalue weighted by Crippen LogP contribution is -2.31. The fourth-order valence-corrected chi connectivity index (χ4v) is 2.63. The predicted molar refractivity (Wildman–Crippen MR) is 98.3 cm³/mol. The number of nitrogens with zero attached hydrogens (tertiary/aromatic N) is 4. The maximum Gasteiger partial charge on any atom is 0.222 e. The lowest BCUT2D eigenvalue weighted by molar-refractivity contribution is -0.124. The second-order valence-electron chi connectivity index (χ2n) is 6.60. The molecule has 136 valence electrons. The average molecular weight is 353 g/mol. The molecule has 1 amide bonds. The van der Waals surface area contributed by atoms with Gasteiger partial charge in [0.15, 0.2) is 5.76 Å². The third kappa shape index (κ3) is 3.82. The molecule has 0 unspecified atom stereocenters. The summed E-state index contributed by atoms with van der Waals surface area (Å²) in [5.41, 5.74) is 4.44. The minimum atomic E-state index is -0.0406. The van der Waals surface area contributed by atoms with Crippen molar-refractivity contribution in [3.8, 4) is 22.6 Å². The van der Waals surface area contributed by atoms with Crippen molar-refractivity contribution in [2.75, 3.05) is 6.54 Å². The lowest BCUT2D eigenvalue weighted by atomic mass is 10.1. The first kappa shape index (κ1) is 17.8. The third-order valence-electron chi connectivity index (χ3n) is 4.06. The molecule has 0 fully saturated rings. The van der Waals surface area contributed by atoms with Gasteiger partial charge in [-0.25, -0.2) is 0 Å². The highest BCUT2D eigenvalue weighted by Crippen LogP contribution is 2.32. The third-order valence-corrected chi connectivity index (χ3v) is 4.06. The van der Waals surface area contributed by atoms with Gasteiger partial charge in [0, 0.05) is 36.0 Å². The highest BCUT2D eigenvalue weighted by atomic mass is 16.5. The van der Waals surface area contributed by atoms with Crippen molar-refractivity contribution < 1.29 is 9.32 Å². The van der Waals surface area contributed by atoms with Crippen molar-refractivity contribution in [2.24, 2.45) is 5.92 Å². The zero-order valence-corrected chi connectivity index (χ0v) is 15.5. The van der Waals surface area contributed by atoms with E-state index in [9.17, 15) is 4.79 Å². The number of nitrogens with one attached hydrogen (secondary N) is 1. The molecule has 3 rings (SSSR count). The van der Waals surface area contributed by atoms with Gasteiger partial charge in [0.05, 0.1) is 29.7 Å². The average Bonchev–Trinajstić information content (AvgIpc) is 3.21. The van der Waals surface area contributed by atoms with Gasteiger partial charge in [-0.2, -0.15) is 5.10 Å². The Bertz CT molecular complexity index is 893. The SMILES string of the molecule is Cc1ccc(-c2c(-c3cc(C)no3)cnn2CCNC(=O)C(C)C)cn1. The van der Waals surface area contributed by atoms with Crippen molar-refractivity contribution in [1.29, 1.82) is 0 Å². The van der Waals surface area contributed by atoms with Gasteiger partial charge in [-0.3, -0.25) is 14.5 Å². The number of carbonyl (C=O) groups excluding carboxylic acids is 1. The summed E-state index contributed by atoms with van der Waals surface area (Å²) in [4.78, 5) is 16.2. The Morgan fingerprint density at radius 3 is 2.65 bits per heavy atom. The highest BCUT2D eigenvalue weighted by molar-refractivity contribution is 5.78. The van der Waals surface area contributed by atoms with E-state index in [4.69, 9.17) is 4.52 Å². The van der Waals surface area contributed by atoms with Crippen LogP contribution in [-0.4, -0.2) is 32.4 Å². The molecule has 3 aromatic heterocycles. The summed E-state index contributed by atoms with van der Waals surface area (Å²) in [6, 6.07) is 5.85. The largest absolute Gasteiger partial charge is 0.356 e. The Kier molecular flexibility index (Phi) is 5.16. The van der Waals surface area contributed by atoms with Gasteiger partial charge in [0.2, 0.25) is 5.91 Å². The molecule has 0 bridgehead atoms. The number of rotatable bonds is 6. The Morgan fingerprint density at radius 1 is 1.23 bits per heavy atom. The quantitative estimate of drug-likeness (QED) is 0.736. The molecule has 0 aliphatic heterocycles. The lowest BCUT2D eigenvalue weighted by Gasteiger charge is -2.11. The number of aryl methyl sites for hydroxylation is 2. The fourth-order valence-electron chi connectivity index (χ4n) is 2.63. The van der Waals surface area contributed by atoms with Crippen LogP contribution in [0, 0.1) is 19.8 Å². The van der Waals surface area contributed by atoms with Crippen molar-refractivity contribution in [3.63, 3.8) is 0 Å². The number of hydrogen-bond donors (Lipinski definition) is 1. The molecular weight excluding hydrogens is 330 g/mol. The topological polar surface area (TPSA) is 85.8 Å². The molecule has 3 aromatic rings. The van der Waals surface area contributed by atoms with E-state index in [0.717, 1.165) is 28.2 Å². The second kappa shape index (κ2) is 7.51. The molecule has 0 spiro atoms. The molecule has 0 radical (unpaired) electrons. The smallest absolute Gasteiger partial charge is 0.222 e. The molecule has 0 aliphatic carbocycles. The van der Waals surface area contributed by atoms with Crippen LogP contribution in [-0.2, 0) is 11.3 Å². The molecule has 7 heteroatoms. The van der Waals surface area contributed by atoms with E-state index >= 15 is 0 Å². The van der Waals surface area contributed by atoms with Gasteiger partial charge in [-0.1, -0.05) is 19.0 Å². The fraction of sp³-hybridized carbons (Fsp3) is 0.368. The van der Waals surface area contributed by atoms with Crippen LogP contribution in [0.25, 0.3) is 22.6 Å². The van der Waals surface area contributed by atoms with Crippen LogP contribution in [0.2, 0.25) is 0 Å². The second-order valence-corrected chi connectivity index (χ2v) is 6.60. The monoisotopic (exact) mass is 353 g/mol. The van der Waals surface area contributed by atoms with Crippen LogP contribution in [0.15, 0.2) is 35.1 Å². The summed E-state index contributed by atoms with van der Waals surface area (Å²) in [5, 5.41) is 11.4. The first-order valence-corrected chi connectivity index (χ1v) is 8.66. The summed E-state index contributed by atoms with van der Waals surface area (Å²) in [6.45, 7) is 8.62. The van der Waals surface area contributed by atoms with Crippen molar-refractivity contribution in [1.82, 2.24) is 25.2 Å². The van der Waals surface area contributed by atoms with E-state index in [1.54, 1.807) is 6.20 Å². The van der Waals surface area contributed by atoms with Gasteiger partial charge in [0.25, 0.3) is 0 Å². The van der Waals surface area contributed by atoms with E-state index in [-0.39, 0.29) is 11.8 Å². The minimum absolute atomic E-state index is 0.0294. The molecule has 0 atom stereocenters. The summed E-state index contributed by atoms with van der Waals surface area (Å²) in [6.07, 6.45) is 3.59. The summed E-state index contributed by atoms with van der Waals surface area (Å²) in [5.74, 6) is 0.651. The molecule has 0 aliphatic rings. The number of aromatic nitrogens is 4. The number of pyridine rings is 1. The van der Waals surface area contributed by atoms with Gasteiger partial charge < -0.3 is 9.84 Å². The summed E-state index contributed by atoms with van der Waals surface area (Å²) < 4.78 is 7.29. The molecule has 26 heavy (non-hydrogen) atoms. The molecule has 1 N–H and O–H groups in total. The van der Waals surface area contributed by atoms with Crippen molar-refractivity contribution >= 4 is 5.91 Å². The maximum absolute atomic E-state index is 11.8. The normalized spacial score (nSPS) is 11.1. The van der Waals surface area contributed by atoms with Gasteiger partial charge >= 0.3 is 0 Å². The van der Waals surface area contributed by atoms with Crippen molar-refractivity contribution in [3.05, 3.63) is 42.0 Å². The van der Waals surface area contributed by atoms with Gasteiger partial charge in [-0.15, -0.1) is 0 Å². The standard InChI is InChI=1S/C19H23N5O2/c1-12(2)19(25)20-7-8-24-18(15-6-5-13(3)21-10-15)16(11-22-24)17-9-14(4)23-26-17/h5-6,9-12H,7-8H2,1-4H3,(H,20,25). The molecule has 0 saturated carbocycles. The molecule has 7 nitrogen and oxygen atoms in total. The van der Waals surface area contributed by atoms with Crippen LogP contribution in [0.1, 0.15) is 25.2 Å². The molecule has 0 saturated heterocycles. The Morgan fingerprint density at radius 2 is 2.04 bits per heavy atom. The van der Waals surface area contributed by atoms with E-state index in [2.05, 4.69) is 20.6 Å². The summed E-state index contributed by atoms with van der Waals surface area (Å²) >= 11 is 0.